The lowest BCUT2D eigenvalue weighted by atomic mass is 10.1. The van der Waals surface area contributed by atoms with Crippen molar-refractivity contribution in [3.8, 4) is 0 Å². The van der Waals surface area contributed by atoms with Gasteiger partial charge in [0.15, 0.2) is 0 Å². The predicted octanol–water partition coefficient (Wildman–Crippen LogP) is 5.99. The average Bonchev–Trinajstić information content (AvgIpc) is 3.16. The monoisotopic (exact) mass is 764 g/mol. The Hall–Kier alpha value is -4.57. The molecule has 0 unspecified atom stereocenters. The van der Waals surface area contributed by atoms with Gasteiger partial charge < -0.3 is 15.5 Å². The van der Waals surface area contributed by atoms with E-state index in [1.807, 2.05) is 20.8 Å². The topological polar surface area (TPSA) is 206 Å². The smallest absolute Gasteiger partial charge is 0.320 e. The minimum absolute atomic E-state index is 0.167. The molecule has 0 saturated heterocycles. The van der Waals surface area contributed by atoms with E-state index < -0.39 is 29.3 Å². The van der Waals surface area contributed by atoms with Crippen LogP contribution >= 0.6 is 0 Å². The van der Waals surface area contributed by atoms with Crippen LogP contribution in [0.5, 0.6) is 0 Å². The number of carbonyl (C=O) groups is 3. The summed E-state index contributed by atoms with van der Waals surface area (Å²) >= 11 is 0. The highest BCUT2D eigenvalue weighted by Crippen LogP contribution is 2.08. The van der Waals surface area contributed by atoms with E-state index in [0.29, 0.717) is 95.1 Å². The van der Waals surface area contributed by atoms with Gasteiger partial charge in [0, 0.05) is 39.1 Å². The first-order chi connectivity index (χ1) is 25.9. The van der Waals surface area contributed by atoms with Gasteiger partial charge in [0.2, 0.25) is 0 Å². The van der Waals surface area contributed by atoms with Crippen LogP contribution in [0.3, 0.4) is 0 Å². The first-order valence-corrected chi connectivity index (χ1v) is 19.6. The Morgan fingerprint density at radius 1 is 0.481 bits per heavy atom. The van der Waals surface area contributed by atoms with E-state index in [-0.39, 0.29) is 32.0 Å². The van der Waals surface area contributed by atoms with Gasteiger partial charge in [-0.2, -0.15) is 0 Å². The number of carbonyl (C=O) groups excluding carboxylic acids is 3. The number of aromatic nitrogens is 3. The molecule has 0 aliphatic rings. The summed E-state index contributed by atoms with van der Waals surface area (Å²) in [5.74, 6) is -0.369. The van der Waals surface area contributed by atoms with Crippen molar-refractivity contribution >= 4 is 35.3 Å². The molecule has 1 heterocycles. The van der Waals surface area contributed by atoms with E-state index in [2.05, 4.69) is 26.1 Å². The number of hydrogen-bond acceptors (Lipinski definition) is 12. The summed E-state index contributed by atoms with van der Waals surface area (Å²) in [7, 11) is 0. The Balaban J connectivity index is 2.76. The third-order valence-electron chi connectivity index (χ3n) is 8.71. The van der Waals surface area contributed by atoms with Gasteiger partial charge in [-0.3, -0.25) is 9.68 Å². The van der Waals surface area contributed by atoms with Crippen LogP contribution in [0.25, 0.3) is 0 Å². The Labute approximate surface area is 318 Å². The molecule has 306 valence electrons. The molecule has 0 spiro atoms. The summed E-state index contributed by atoms with van der Waals surface area (Å²) < 4.78 is 3.46. The summed E-state index contributed by atoms with van der Waals surface area (Å²) in [6, 6.07) is 0. The average molecular weight is 765 g/mol. The second-order valence-corrected chi connectivity index (χ2v) is 13.3. The first-order valence-electron chi connectivity index (χ1n) is 19.6. The van der Waals surface area contributed by atoms with E-state index in [9.17, 15) is 28.8 Å². The maximum atomic E-state index is 13.4. The molecule has 0 radical (unpaired) electrons. The molecule has 1 rings (SSSR count). The number of rotatable bonds is 28. The second-order valence-electron chi connectivity index (χ2n) is 13.3. The first kappa shape index (κ1) is 47.5. The molecule has 0 aliphatic carbocycles. The van der Waals surface area contributed by atoms with Gasteiger partial charge in [0.1, 0.15) is 0 Å². The van der Waals surface area contributed by atoms with Crippen molar-refractivity contribution in [1.82, 2.24) is 24.3 Å². The summed E-state index contributed by atoms with van der Waals surface area (Å²) in [5, 5.41) is 16.5. The zero-order chi connectivity index (χ0) is 40.1. The molecule has 1 aromatic rings. The maximum absolute atomic E-state index is 13.4. The van der Waals surface area contributed by atoms with Crippen LogP contribution in [0.15, 0.2) is 29.9 Å². The van der Waals surface area contributed by atoms with Gasteiger partial charge in [-0.25, -0.2) is 42.5 Å². The molecule has 2 N–H and O–H groups in total. The fourth-order valence-corrected chi connectivity index (χ4v) is 4.88. The van der Waals surface area contributed by atoms with Crippen molar-refractivity contribution in [2.45, 2.75) is 170 Å². The van der Waals surface area contributed by atoms with Crippen molar-refractivity contribution in [2.75, 3.05) is 13.1 Å². The summed E-state index contributed by atoms with van der Waals surface area (Å²) in [4.78, 5) is 90.1. The number of unbranched alkanes of at least 4 members (excludes halogenated alkanes) is 10. The molecule has 0 bridgehead atoms. The van der Waals surface area contributed by atoms with E-state index >= 15 is 0 Å². The van der Waals surface area contributed by atoms with E-state index in [4.69, 9.17) is 14.5 Å². The standard InChI is InChI=1S/C37H64N8O9/c1-7-29(4)40-52-32(46)23-17-11-10-14-20-26-43-35(49)44(27-21-15-12-18-24-38-33(47)53-41-30(5)8-2)37(51)45(36(43)50)28-22-16-13-19-25-39-34(48)54-42-31(6)9-3/h7-28H2,1-6H3,(H,38,47)(H,39,48)/b40-29+,41-30+,42-31+. The van der Waals surface area contributed by atoms with Crippen LogP contribution in [0.4, 0.5) is 9.59 Å². The van der Waals surface area contributed by atoms with Crippen LogP contribution in [0.2, 0.25) is 0 Å². The third-order valence-corrected chi connectivity index (χ3v) is 8.71. The van der Waals surface area contributed by atoms with Gasteiger partial charge in [-0.15, -0.1) is 0 Å². The summed E-state index contributed by atoms with van der Waals surface area (Å²) in [5.41, 5.74) is 0.322. The summed E-state index contributed by atoms with van der Waals surface area (Å²) in [6.45, 7) is 12.4. The number of oxime groups is 3. The SMILES string of the molecule is CC/C(C)=N/OC(=O)CCCCCCCn1c(=O)n(CCCCCCNC(=O)O/N=C(\C)CC)c(=O)n(CCCCCCNC(=O)O/N=C(\C)CC)c1=O. The predicted molar refractivity (Wildman–Crippen MR) is 209 cm³/mol. The largest absolute Gasteiger partial charge is 0.433 e. The fourth-order valence-electron chi connectivity index (χ4n) is 4.88. The number of hydrogen-bond donors (Lipinski definition) is 2. The quantitative estimate of drug-likeness (QED) is 0.0444. The van der Waals surface area contributed by atoms with Gasteiger partial charge in [-0.1, -0.05) is 81.2 Å². The van der Waals surface area contributed by atoms with Crippen LogP contribution in [-0.4, -0.2) is 62.1 Å². The van der Waals surface area contributed by atoms with E-state index in [1.54, 1.807) is 20.8 Å². The third kappa shape index (κ3) is 20.6. The summed E-state index contributed by atoms with van der Waals surface area (Å²) in [6.07, 6.45) is 10.0. The molecule has 0 saturated carbocycles. The zero-order valence-electron chi connectivity index (χ0n) is 33.4. The van der Waals surface area contributed by atoms with Crippen LogP contribution in [0.1, 0.15) is 151 Å². The molecule has 0 fully saturated rings. The fraction of sp³-hybridized carbons (Fsp3) is 0.757. The molecular weight excluding hydrogens is 700 g/mol. The second kappa shape index (κ2) is 28.9. The van der Waals surface area contributed by atoms with Crippen molar-refractivity contribution in [2.24, 2.45) is 15.5 Å². The normalized spacial score (nSPS) is 12.1. The number of nitrogens with one attached hydrogen (secondary N) is 2. The van der Waals surface area contributed by atoms with Crippen LogP contribution in [-0.2, 0) is 38.9 Å². The number of nitrogens with zero attached hydrogens (tertiary/aromatic N) is 6. The molecule has 0 atom stereocenters. The lowest BCUT2D eigenvalue weighted by Crippen LogP contribution is -2.54. The minimum Gasteiger partial charge on any atom is -0.320 e. The molecule has 2 amide bonds. The van der Waals surface area contributed by atoms with E-state index in [0.717, 1.165) is 51.5 Å². The van der Waals surface area contributed by atoms with Gasteiger partial charge in [0.25, 0.3) is 0 Å². The van der Waals surface area contributed by atoms with Gasteiger partial charge >= 0.3 is 35.2 Å². The molecular formula is C37H64N8O9. The Morgan fingerprint density at radius 2 is 0.796 bits per heavy atom. The van der Waals surface area contributed by atoms with E-state index in [1.165, 1.54) is 0 Å². The number of amides is 2. The van der Waals surface area contributed by atoms with Gasteiger partial charge in [0.05, 0.1) is 17.1 Å². The molecule has 0 aromatic carbocycles. The Bertz CT molecular complexity index is 1350. The molecule has 0 aliphatic heterocycles. The van der Waals surface area contributed by atoms with Crippen molar-refractivity contribution in [3.05, 3.63) is 31.5 Å². The van der Waals surface area contributed by atoms with Crippen LogP contribution in [0, 0.1) is 0 Å². The highest BCUT2D eigenvalue weighted by atomic mass is 16.7. The van der Waals surface area contributed by atoms with Crippen molar-refractivity contribution in [3.63, 3.8) is 0 Å². The zero-order valence-corrected chi connectivity index (χ0v) is 33.4. The van der Waals surface area contributed by atoms with Crippen molar-refractivity contribution < 1.29 is 28.9 Å². The highest BCUT2D eigenvalue weighted by Gasteiger charge is 2.15. The highest BCUT2D eigenvalue weighted by molar-refractivity contribution is 5.82. The Morgan fingerprint density at radius 3 is 1.17 bits per heavy atom. The van der Waals surface area contributed by atoms with Crippen LogP contribution < -0.4 is 27.7 Å². The molecule has 54 heavy (non-hydrogen) atoms. The molecule has 17 nitrogen and oxygen atoms in total. The van der Waals surface area contributed by atoms with Gasteiger partial charge in [-0.05, 0) is 78.6 Å². The molecule has 17 heteroatoms. The lowest BCUT2D eigenvalue weighted by Gasteiger charge is -2.14. The van der Waals surface area contributed by atoms with Crippen molar-refractivity contribution in [1.29, 1.82) is 0 Å². The molecule has 1 aromatic heterocycles. The Kier molecular flexibility index (Phi) is 25.4. The lowest BCUT2D eigenvalue weighted by molar-refractivity contribution is -0.143. The minimum atomic E-state index is -0.619. The maximum Gasteiger partial charge on any atom is 0.433 e.